The fourth-order valence-electron chi connectivity index (χ4n) is 4.22. The molecular formula is C26H22Cl2F5N3O2. The van der Waals surface area contributed by atoms with E-state index in [4.69, 9.17) is 27.9 Å². The van der Waals surface area contributed by atoms with Gasteiger partial charge in [-0.25, -0.2) is 22.0 Å². The van der Waals surface area contributed by atoms with Crippen molar-refractivity contribution in [3.05, 3.63) is 80.6 Å². The van der Waals surface area contributed by atoms with Gasteiger partial charge in [-0.05, 0) is 55.3 Å². The van der Waals surface area contributed by atoms with Crippen molar-refractivity contribution in [2.24, 2.45) is 0 Å². The number of aryl methyl sites for hydroxylation is 2. The third-order valence-corrected chi connectivity index (χ3v) is 7.03. The molecule has 0 spiro atoms. The summed E-state index contributed by atoms with van der Waals surface area (Å²) in [6, 6.07) is 8.31. The second kappa shape index (κ2) is 11.2. The smallest absolute Gasteiger partial charge is 0.262 e. The van der Waals surface area contributed by atoms with E-state index in [0.717, 1.165) is 16.0 Å². The van der Waals surface area contributed by atoms with Crippen molar-refractivity contribution in [1.29, 1.82) is 0 Å². The number of hydrogen-bond donors (Lipinski definition) is 1. The van der Waals surface area contributed by atoms with Gasteiger partial charge in [-0.3, -0.25) is 4.79 Å². The van der Waals surface area contributed by atoms with Gasteiger partial charge in [-0.2, -0.15) is 0 Å². The average molecular weight is 574 g/mol. The Bertz CT molecular complexity index is 1350. The van der Waals surface area contributed by atoms with Crippen LogP contribution >= 0.6 is 23.2 Å². The fourth-order valence-corrected chi connectivity index (χ4v) is 4.63. The molecule has 1 saturated heterocycles. The van der Waals surface area contributed by atoms with Crippen LogP contribution < -0.4 is 19.9 Å². The average Bonchev–Trinajstić information content (AvgIpc) is 2.89. The molecule has 1 N–H and O–H groups in total. The van der Waals surface area contributed by atoms with Crippen molar-refractivity contribution < 1.29 is 31.5 Å². The molecule has 3 aromatic carbocycles. The van der Waals surface area contributed by atoms with E-state index in [1.165, 1.54) is 0 Å². The first kappa shape index (κ1) is 27.8. The summed E-state index contributed by atoms with van der Waals surface area (Å²) in [4.78, 5) is 15.3. The van der Waals surface area contributed by atoms with Crippen molar-refractivity contribution >= 4 is 46.2 Å². The molecule has 3 aromatic rings. The van der Waals surface area contributed by atoms with E-state index in [-0.39, 0.29) is 32.8 Å². The quantitative estimate of drug-likeness (QED) is 0.204. The molecular weight excluding hydrogens is 552 g/mol. The lowest BCUT2D eigenvalue weighted by molar-refractivity contribution is -0.118. The van der Waals surface area contributed by atoms with Crippen LogP contribution in [0.4, 0.5) is 39.0 Å². The zero-order chi connectivity index (χ0) is 27.7. The van der Waals surface area contributed by atoms with E-state index >= 15 is 0 Å². The molecule has 0 unspecified atom stereocenters. The third-order valence-electron chi connectivity index (χ3n) is 6.13. The monoisotopic (exact) mass is 573 g/mol. The Morgan fingerprint density at radius 3 is 1.92 bits per heavy atom. The first-order chi connectivity index (χ1) is 18.0. The van der Waals surface area contributed by atoms with E-state index in [0.29, 0.717) is 27.2 Å². The van der Waals surface area contributed by atoms with Crippen LogP contribution in [0.2, 0.25) is 10.0 Å². The van der Waals surface area contributed by atoms with Crippen LogP contribution in [0.5, 0.6) is 5.75 Å². The Labute approximate surface area is 225 Å². The number of nitrogens with one attached hydrogen (secondary N) is 1. The van der Waals surface area contributed by atoms with Gasteiger partial charge in [-0.15, -0.1) is 0 Å². The summed E-state index contributed by atoms with van der Waals surface area (Å²) in [5.74, 6) is -9.77. The number of nitrogens with zero attached hydrogens (tertiary/aromatic N) is 2. The Kier molecular flexibility index (Phi) is 8.22. The maximum atomic E-state index is 14.2. The molecule has 38 heavy (non-hydrogen) atoms. The van der Waals surface area contributed by atoms with Gasteiger partial charge in [0.05, 0.1) is 10.7 Å². The summed E-state index contributed by atoms with van der Waals surface area (Å²) >= 11 is 12.6. The van der Waals surface area contributed by atoms with Crippen LogP contribution in [0.15, 0.2) is 30.3 Å². The number of halogens is 7. The first-order valence-electron chi connectivity index (χ1n) is 11.5. The zero-order valence-corrected chi connectivity index (χ0v) is 21.8. The summed E-state index contributed by atoms with van der Waals surface area (Å²) in [5.41, 5.74) is 1.73. The Balaban J connectivity index is 1.37. The third kappa shape index (κ3) is 5.61. The second-order valence-electron chi connectivity index (χ2n) is 8.77. The molecule has 0 saturated carbocycles. The molecule has 12 heteroatoms. The molecule has 0 radical (unpaired) electrons. The van der Waals surface area contributed by atoms with Crippen molar-refractivity contribution in [1.82, 2.24) is 0 Å². The van der Waals surface area contributed by atoms with Crippen LogP contribution in [-0.2, 0) is 4.79 Å². The fraction of sp³-hybridized carbons (Fsp3) is 0.269. The maximum Gasteiger partial charge on any atom is 0.262 e. The van der Waals surface area contributed by atoms with Gasteiger partial charge in [-0.1, -0.05) is 23.2 Å². The molecule has 1 aliphatic rings. The predicted octanol–water partition coefficient (Wildman–Crippen LogP) is 6.65. The van der Waals surface area contributed by atoms with Crippen molar-refractivity contribution in [2.45, 2.75) is 13.8 Å². The van der Waals surface area contributed by atoms with Gasteiger partial charge in [0.2, 0.25) is 5.82 Å². The number of hydrogen-bond acceptors (Lipinski definition) is 4. The van der Waals surface area contributed by atoms with E-state index in [2.05, 4.69) is 5.32 Å². The Morgan fingerprint density at radius 1 is 0.842 bits per heavy atom. The summed E-state index contributed by atoms with van der Waals surface area (Å²) < 4.78 is 74.5. The van der Waals surface area contributed by atoms with Gasteiger partial charge < -0.3 is 19.9 Å². The second-order valence-corrected chi connectivity index (χ2v) is 9.55. The molecule has 1 heterocycles. The number of amides is 1. The zero-order valence-electron chi connectivity index (χ0n) is 20.3. The van der Waals surface area contributed by atoms with Gasteiger partial charge in [0.25, 0.3) is 5.91 Å². The van der Waals surface area contributed by atoms with Crippen molar-refractivity contribution in [3.8, 4) is 5.75 Å². The van der Waals surface area contributed by atoms with E-state index in [1.54, 1.807) is 30.3 Å². The van der Waals surface area contributed by atoms with Gasteiger partial charge in [0.1, 0.15) is 11.4 Å². The lowest BCUT2D eigenvalue weighted by Crippen LogP contribution is -2.47. The van der Waals surface area contributed by atoms with Crippen molar-refractivity contribution in [2.75, 3.05) is 47.9 Å². The number of piperazine rings is 1. The SMILES string of the molecule is Cc1cc(OCC(=O)Nc2ccc(N3CCN(c4c(F)c(F)c(F)c(F)c4F)CC3)c(Cl)c2)cc(C)c1Cl. The topological polar surface area (TPSA) is 44.8 Å². The standard InChI is InChI=1S/C26H22Cl2F5N3O2/c1-13-9-16(10-14(2)20(13)28)38-12-19(37)34-15-3-4-18(17(27)11-15)35-5-7-36(8-6-35)26-24(32)22(30)21(29)23(31)25(26)33/h3-4,9-11H,5-8,12H2,1-2H3,(H,34,37). The number of carbonyl (C=O) groups is 1. The minimum absolute atomic E-state index is 0.00580. The highest BCUT2D eigenvalue weighted by molar-refractivity contribution is 6.33. The summed E-state index contributed by atoms with van der Waals surface area (Å²) in [6.07, 6.45) is 0. The van der Waals surface area contributed by atoms with Crippen molar-refractivity contribution in [3.63, 3.8) is 0 Å². The molecule has 4 rings (SSSR count). The number of anilines is 3. The largest absolute Gasteiger partial charge is 0.484 e. The summed E-state index contributed by atoms with van der Waals surface area (Å²) in [5, 5.41) is 3.63. The van der Waals surface area contributed by atoms with Crippen LogP contribution in [-0.4, -0.2) is 38.7 Å². The van der Waals surface area contributed by atoms with Gasteiger partial charge in [0, 0.05) is 36.9 Å². The molecule has 202 valence electrons. The summed E-state index contributed by atoms with van der Waals surface area (Å²) in [6.45, 7) is 3.84. The van der Waals surface area contributed by atoms with Crippen LogP contribution in [0.1, 0.15) is 11.1 Å². The molecule has 5 nitrogen and oxygen atoms in total. The molecule has 1 fully saturated rings. The van der Waals surface area contributed by atoms with Crippen LogP contribution in [0.3, 0.4) is 0 Å². The van der Waals surface area contributed by atoms with E-state index in [1.807, 2.05) is 18.7 Å². The molecule has 0 bridgehead atoms. The van der Waals surface area contributed by atoms with Gasteiger partial charge >= 0.3 is 0 Å². The predicted molar refractivity (Wildman–Crippen MR) is 137 cm³/mol. The summed E-state index contributed by atoms with van der Waals surface area (Å²) in [7, 11) is 0. The molecule has 0 atom stereocenters. The highest BCUT2D eigenvalue weighted by atomic mass is 35.5. The minimum Gasteiger partial charge on any atom is -0.484 e. The lowest BCUT2D eigenvalue weighted by atomic mass is 10.1. The maximum absolute atomic E-state index is 14.2. The first-order valence-corrected chi connectivity index (χ1v) is 12.2. The number of rotatable bonds is 6. The molecule has 0 aliphatic carbocycles. The molecule has 0 aromatic heterocycles. The highest BCUT2D eigenvalue weighted by Gasteiger charge is 2.31. The Hall–Kier alpha value is -3.24. The molecule has 1 aliphatic heterocycles. The van der Waals surface area contributed by atoms with E-state index in [9.17, 15) is 26.7 Å². The lowest BCUT2D eigenvalue weighted by Gasteiger charge is -2.38. The van der Waals surface area contributed by atoms with Crippen LogP contribution in [0, 0.1) is 42.9 Å². The Morgan fingerprint density at radius 2 is 1.37 bits per heavy atom. The number of benzene rings is 3. The highest BCUT2D eigenvalue weighted by Crippen LogP contribution is 2.34. The normalized spacial score (nSPS) is 13.6. The van der Waals surface area contributed by atoms with E-state index < -0.39 is 40.7 Å². The molecule has 1 amide bonds. The van der Waals surface area contributed by atoms with Crippen LogP contribution in [0.25, 0.3) is 0 Å². The number of carbonyl (C=O) groups excluding carboxylic acids is 1. The minimum atomic E-state index is -2.19. The number of ether oxygens (including phenoxy) is 1. The van der Waals surface area contributed by atoms with Gasteiger partial charge in [0.15, 0.2) is 29.9 Å².